The molecule has 5 nitrogen and oxygen atoms in total. The Morgan fingerprint density at radius 1 is 1.19 bits per heavy atom. The van der Waals surface area contributed by atoms with Crippen molar-refractivity contribution in [3.05, 3.63) is 69.5 Å². The lowest BCUT2D eigenvalue weighted by Crippen LogP contribution is -2.39. The number of likely N-dealkylation sites (tertiary alicyclic amines) is 1. The minimum atomic E-state index is -1.00. The van der Waals surface area contributed by atoms with E-state index in [1.54, 1.807) is 19.9 Å². The van der Waals surface area contributed by atoms with Crippen LogP contribution in [0.2, 0.25) is 5.02 Å². The van der Waals surface area contributed by atoms with Gasteiger partial charge < -0.3 is 14.6 Å². The molecule has 0 unspecified atom stereocenters. The summed E-state index contributed by atoms with van der Waals surface area (Å²) in [6.07, 6.45) is 1.35. The first-order valence-corrected chi connectivity index (χ1v) is 12.7. The van der Waals surface area contributed by atoms with Gasteiger partial charge in [-0.2, -0.15) is 0 Å². The standard InChI is InChI=1S/C27H33ClF3NO4/c1-3-35-27(34)9-7-19-13-25(30)26(31)14-22(19)17(2)36-16-21(33)15-32-10-4-5-20(32)11-18-6-8-23(28)24(29)12-18/h6,8,12-14,17,20-21,33H,3-5,7,9-11,15-16H2,1-2H3/t17-,20+,21-/m1/s1. The Hall–Kier alpha value is -2.13. The topological polar surface area (TPSA) is 59.0 Å². The molecular formula is C27H33ClF3NO4. The van der Waals surface area contributed by atoms with Crippen molar-refractivity contribution < 1.29 is 32.5 Å². The number of aliphatic hydroxyl groups is 1. The van der Waals surface area contributed by atoms with Crippen molar-refractivity contribution in [1.82, 2.24) is 4.90 Å². The van der Waals surface area contributed by atoms with E-state index in [1.807, 2.05) is 6.07 Å². The third kappa shape index (κ3) is 7.93. The molecule has 0 amide bonds. The summed E-state index contributed by atoms with van der Waals surface area (Å²) in [5.74, 6) is -2.86. The number of hydrogen-bond donors (Lipinski definition) is 1. The molecular weight excluding hydrogens is 495 g/mol. The number of nitrogens with zero attached hydrogens (tertiary/aromatic N) is 1. The minimum Gasteiger partial charge on any atom is -0.466 e. The Labute approximate surface area is 215 Å². The average Bonchev–Trinajstić information content (AvgIpc) is 3.26. The van der Waals surface area contributed by atoms with Crippen LogP contribution in [0.1, 0.15) is 55.9 Å². The maximum Gasteiger partial charge on any atom is 0.306 e. The van der Waals surface area contributed by atoms with Crippen molar-refractivity contribution >= 4 is 17.6 Å². The predicted octanol–water partition coefficient (Wildman–Crippen LogP) is 5.40. The van der Waals surface area contributed by atoms with Gasteiger partial charge in [0.2, 0.25) is 0 Å². The zero-order valence-electron chi connectivity index (χ0n) is 20.6. The van der Waals surface area contributed by atoms with E-state index in [0.29, 0.717) is 24.1 Å². The van der Waals surface area contributed by atoms with Gasteiger partial charge in [-0.15, -0.1) is 0 Å². The molecule has 2 aromatic carbocycles. The van der Waals surface area contributed by atoms with Gasteiger partial charge in [0, 0.05) is 19.0 Å². The second-order valence-electron chi connectivity index (χ2n) is 9.14. The summed E-state index contributed by atoms with van der Waals surface area (Å²) in [7, 11) is 0. The van der Waals surface area contributed by atoms with Crippen LogP contribution in [0.5, 0.6) is 0 Å². The van der Waals surface area contributed by atoms with Gasteiger partial charge in [0.1, 0.15) is 5.82 Å². The number of benzene rings is 2. The molecule has 1 saturated heterocycles. The summed E-state index contributed by atoms with van der Waals surface area (Å²) in [5.41, 5.74) is 1.73. The number of carbonyl (C=O) groups is 1. The zero-order chi connectivity index (χ0) is 26.2. The smallest absolute Gasteiger partial charge is 0.306 e. The molecule has 198 valence electrons. The van der Waals surface area contributed by atoms with Gasteiger partial charge in [-0.3, -0.25) is 9.69 Å². The lowest BCUT2D eigenvalue weighted by atomic mass is 9.98. The molecule has 1 aliphatic heterocycles. The van der Waals surface area contributed by atoms with Gasteiger partial charge in [0.15, 0.2) is 11.6 Å². The molecule has 1 fully saturated rings. The fourth-order valence-corrected chi connectivity index (χ4v) is 4.76. The quantitative estimate of drug-likeness (QED) is 0.375. The highest BCUT2D eigenvalue weighted by Gasteiger charge is 2.27. The maximum atomic E-state index is 14.0. The number of aryl methyl sites for hydroxylation is 1. The van der Waals surface area contributed by atoms with Crippen molar-refractivity contribution in [1.29, 1.82) is 0 Å². The molecule has 0 saturated carbocycles. The molecule has 36 heavy (non-hydrogen) atoms. The van der Waals surface area contributed by atoms with E-state index in [-0.39, 0.29) is 37.1 Å². The van der Waals surface area contributed by atoms with Crippen LogP contribution >= 0.6 is 11.6 Å². The molecule has 1 aliphatic rings. The van der Waals surface area contributed by atoms with Crippen molar-refractivity contribution in [2.45, 2.75) is 64.2 Å². The third-order valence-corrected chi connectivity index (χ3v) is 6.77. The van der Waals surface area contributed by atoms with Gasteiger partial charge in [0.05, 0.1) is 30.4 Å². The summed E-state index contributed by atoms with van der Waals surface area (Å²) in [4.78, 5) is 13.9. The molecule has 9 heteroatoms. The summed E-state index contributed by atoms with van der Waals surface area (Å²) in [5, 5.41) is 10.7. The Morgan fingerprint density at radius 3 is 2.67 bits per heavy atom. The van der Waals surface area contributed by atoms with Crippen molar-refractivity contribution in [2.24, 2.45) is 0 Å². The lowest BCUT2D eigenvalue weighted by molar-refractivity contribution is -0.143. The Balaban J connectivity index is 1.56. The Morgan fingerprint density at radius 2 is 1.94 bits per heavy atom. The number of carbonyl (C=O) groups excluding carboxylic acids is 1. The van der Waals surface area contributed by atoms with E-state index < -0.39 is 35.6 Å². The largest absolute Gasteiger partial charge is 0.466 e. The molecule has 1 heterocycles. The van der Waals surface area contributed by atoms with Crippen LogP contribution in [0.3, 0.4) is 0 Å². The molecule has 0 spiro atoms. The maximum absolute atomic E-state index is 14.0. The van der Waals surface area contributed by atoms with Crippen LogP contribution in [0.4, 0.5) is 13.2 Å². The number of ether oxygens (including phenoxy) is 2. The number of rotatable bonds is 12. The zero-order valence-corrected chi connectivity index (χ0v) is 21.4. The normalized spacial score (nSPS) is 17.8. The fourth-order valence-electron chi connectivity index (χ4n) is 4.64. The molecule has 1 N–H and O–H groups in total. The van der Waals surface area contributed by atoms with E-state index >= 15 is 0 Å². The van der Waals surface area contributed by atoms with Gasteiger partial charge in [0.25, 0.3) is 0 Å². The second kappa shape index (κ2) is 13.4. The van der Waals surface area contributed by atoms with Crippen LogP contribution in [0, 0.1) is 17.5 Å². The van der Waals surface area contributed by atoms with Crippen molar-refractivity contribution in [3.63, 3.8) is 0 Å². The van der Waals surface area contributed by atoms with Gasteiger partial charge in [-0.25, -0.2) is 13.2 Å². The third-order valence-electron chi connectivity index (χ3n) is 6.46. The number of aliphatic hydroxyl groups excluding tert-OH is 1. The molecule has 0 radical (unpaired) electrons. The SMILES string of the molecule is CCOC(=O)CCc1cc(F)c(F)cc1[C@@H](C)OC[C@H](O)CN1CCC[C@H]1Cc1ccc(Cl)c(F)c1. The van der Waals surface area contributed by atoms with E-state index in [2.05, 4.69) is 4.90 Å². The first-order chi connectivity index (χ1) is 17.2. The molecule has 0 aromatic heterocycles. The van der Waals surface area contributed by atoms with Crippen LogP contribution < -0.4 is 0 Å². The van der Waals surface area contributed by atoms with Crippen molar-refractivity contribution in [2.75, 3.05) is 26.3 Å². The first-order valence-electron chi connectivity index (χ1n) is 12.3. The summed E-state index contributed by atoms with van der Waals surface area (Å²) >= 11 is 5.78. The van der Waals surface area contributed by atoms with Crippen molar-refractivity contribution in [3.8, 4) is 0 Å². The summed E-state index contributed by atoms with van der Waals surface area (Å²) in [6.45, 7) is 4.83. The fraction of sp³-hybridized carbons (Fsp3) is 0.519. The van der Waals surface area contributed by atoms with E-state index in [1.165, 1.54) is 6.07 Å². The van der Waals surface area contributed by atoms with Crippen LogP contribution in [0.15, 0.2) is 30.3 Å². The summed E-state index contributed by atoms with van der Waals surface area (Å²) in [6, 6.07) is 7.13. The first kappa shape index (κ1) is 28.4. The number of β-amino-alcohol motifs (C(OH)–C–C–N with tert-alkyl or cyclic N) is 1. The van der Waals surface area contributed by atoms with Crippen LogP contribution in [-0.4, -0.2) is 54.4 Å². The van der Waals surface area contributed by atoms with E-state index in [9.17, 15) is 23.1 Å². The molecule has 3 atom stereocenters. The molecule has 0 bridgehead atoms. The highest BCUT2D eigenvalue weighted by atomic mass is 35.5. The second-order valence-corrected chi connectivity index (χ2v) is 9.55. The monoisotopic (exact) mass is 527 g/mol. The van der Waals surface area contributed by atoms with Crippen LogP contribution in [-0.2, 0) is 27.1 Å². The number of hydrogen-bond acceptors (Lipinski definition) is 5. The molecule has 2 aromatic rings. The molecule has 0 aliphatic carbocycles. The van der Waals surface area contributed by atoms with E-state index in [0.717, 1.165) is 37.1 Å². The summed E-state index contributed by atoms with van der Waals surface area (Å²) < 4.78 is 52.4. The predicted molar refractivity (Wildman–Crippen MR) is 131 cm³/mol. The molecule has 3 rings (SSSR count). The van der Waals surface area contributed by atoms with Crippen LogP contribution in [0.25, 0.3) is 0 Å². The highest BCUT2D eigenvalue weighted by Crippen LogP contribution is 2.27. The van der Waals surface area contributed by atoms with Gasteiger partial charge in [-0.05, 0) is 87.0 Å². The minimum absolute atomic E-state index is 0.00370. The van der Waals surface area contributed by atoms with Gasteiger partial charge in [-0.1, -0.05) is 17.7 Å². The van der Waals surface area contributed by atoms with Gasteiger partial charge >= 0.3 is 5.97 Å². The average molecular weight is 528 g/mol. The lowest BCUT2D eigenvalue weighted by Gasteiger charge is -2.28. The Bertz CT molecular complexity index is 1040. The highest BCUT2D eigenvalue weighted by molar-refractivity contribution is 6.30. The number of halogens is 4. The Kier molecular flexibility index (Phi) is 10.6. The van der Waals surface area contributed by atoms with E-state index in [4.69, 9.17) is 21.1 Å². The number of esters is 1.